The Morgan fingerprint density at radius 1 is 0.482 bits per heavy atom. The molecule has 8 amide bonds. The molecule has 137 heavy (non-hydrogen) atoms. The number of phenolic OH excluding ortho intramolecular Hbond substituents is 1. The van der Waals surface area contributed by atoms with Gasteiger partial charge in [-0.15, -0.1) is 12.3 Å². The van der Waals surface area contributed by atoms with E-state index in [2.05, 4.69) is 98.5 Å². The number of urea groups is 4. The Bertz CT molecular complexity index is 6790. The van der Waals surface area contributed by atoms with Crippen molar-refractivity contribution in [3.8, 4) is 75.9 Å². The number of aromatic hydroxyl groups is 1. The number of terminal acetylenes is 1. The third-order valence-corrected chi connectivity index (χ3v) is 21.8. The summed E-state index contributed by atoms with van der Waals surface area (Å²) in [5.41, 5.74) is 9.78. The molecule has 7 heterocycles. The second kappa shape index (κ2) is 58.3. The Morgan fingerprint density at radius 3 is 1.20 bits per heavy atom. The van der Waals surface area contributed by atoms with Crippen molar-refractivity contribution in [1.82, 2.24) is 34.7 Å². The van der Waals surface area contributed by atoms with Crippen LogP contribution in [0.15, 0.2) is 305 Å². The Kier molecular flexibility index (Phi) is 46.8. The molecular weight excluding hydrogens is 2320 g/mol. The van der Waals surface area contributed by atoms with E-state index in [0.29, 0.717) is 69.1 Å². The fourth-order valence-corrected chi connectivity index (χ4v) is 12.8. The topological polar surface area (TPSA) is 390 Å². The molecule has 0 radical (unpaired) electrons. The molecule has 0 bridgehead atoms. The second-order valence-electron chi connectivity index (χ2n) is 26.5. The van der Waals surface area contributed by atoms with Gasteiger partial charge in [-0.1, -0.05) is 121 Å². The molecule has 0 unspecified atom stereocenters. The molecule has 0 atom stereocenters. The van der Waals surface area contributed by atoms with Crippen LogP contribution in [-0.4, -0.2) is 156 Å². The molecule has 0 aliphatic carbocycles. The number of pyridine rings is 5. The summed E-state index contributed by atoms with van der Waals surface area (Å²) in [6, 6.07) is 62.6. The summed E-state index contributed by atoms with van der Waals surface area (Å²) < 4.78 is 121. The average molecular weight is 2390 g/mol. The van der Waals surface area contributed by atoms with E-state index in [0.717, 1.165) is 73.5 Å². The average Bonchev–Trinajstić information content (AvgIpc) is 1.65. The van der Waals surface area contributed by atoms with Gasteiger partial charge in [0.25, 0.3) is 11.4 Å². The minimum atomic E-state index is -2.46. The van der Waals surface area contributed by atoms with Gasteiger partial charge >= 0.3 is 77.0 Å². The van der Waals surface area contributed by atoms with Gasteiger partial charge in [0.1, 0.15) is 23.0 Å². The first-order valence-electron chi connectivity index (χ1n) is 39.7. The van der Waals surface area contributed by atoms with Gasteiger partial charge in [0.2, 0.25) is 10.2 Å². The van der Waals surface area contributed by atoms with E-state index in [1.807, 2.05) is 142 Å². The van der Waals surface area contributed by atoms with Gasteiger partial charge in [0, 0.05) is 175 Å². The third-order valence-electron chi connectivity index (χ3n) is 17.4. The molecule has 2 aliphatic rings. The number of halogens is 10. The summed E-state index contributed by atoms with van der Waals surface area (Å²) in [4.78, 5) is 94.6. The van der Waals surface area contributed by atoms with Crippen LogP contribution in [0.1, 0.15) is 16.7 Å². The van der Waals surface area contributed by atoms with Crippen molar-refractivity contribution in [1.29, 1.82) is 0 Å². The van der Waals surface area contributed by atoms with Crippen LogP contribution in [0.4, 0.5) is 80.9 Å². The number of aromatic nitrogens is 5. The van der Waals surface area contributed by atoms with Crippen molar-refractivity contribution in [2.24, 2.45) is 0 Å². The number of imide groups is 2. The van der Waals surface area contributed by atoms with Gasteiger partial charge in [-0.2, -0.15) is 12.6 Å². The zero-order valence-electron chi connectivity index (χ0n) is 71.4. The number of para-hydroxylation sites is 2. The van der Waals surface area contributed by atoms with Crippen molar-refractivity contribution in [2.45, 2.75) is 12.8 Å². The Morgan fingerprint density at radius 2 is 0.832 bits per heavy atom. The van der Waals surface area contributed by atoms with Gasteiger partial charge in [-0.25, -0.2) is 50.9 Å². The fourth-order valence-electron chi connectivity index (χ4n) is 11.0. The number of benzene rings is 9. The quantitative estimate of drug-likeness (QED) is 0.0133. The number of anilines is 5. The molecule has 2 saturated heterocycles. The van der Waals surface area contributed by atoms with Gasteiger partial charge in [-0.3, -0.25) is 54.9 Å². The maximum atomic E-state index is 14.9. The molecule has 9 aromatic carbocycles. The van der Waals surface area contributed by atoms with Crippen molar-refractivity contribution in [3.63, 3.8) is 0 Å². The summed E-state index contributed by atoms with van der Waals surface area (Å²) in [5, 5.41) is 35.0. The molecule has 0 spiro atoms. The maximum absolute atomic E-state index is 14.9. The van der Waals surface area contributed by atoms with Crippen LogP contribution in [0.25, 0.3) is 0 Å². The Labute approximate surface area is 872 Å². The zero-order chi connectivity index (χ0) is 99.3. The van der Waals surface area contributed by atoms with Crippen LogP contribution in [0.2, 0.25) is 5.02 Å². The fraction of sp³-hybridized carbons (Fsp3) is 0.0645. The van der Waals surface area contributed by atoms with E-state index < -0.39 is 88.3 Å². The molecule has 16 rings (SSSR count). The summed E-state index contributed by atoms with van der Waals surface area (Å²) >= 11 is 16.8. The summed E-state index contributed by atoms with van der Waals surface area (Å²) in [6.07, 6.45) is 22.4. The van der Waals surface area contributed by atoms with Gasteiger partial charge < -0.3 is 40.4 Å². The van der Waals surface area contributed by atoms with E-state index in [9.17, 15) is 61.4 Å². The Balaban J connectivity index is 0.000000206. The second-order valence-corrected chi connectivity index (χ2v) is 33.4. The SMILES string of the molecule is C#CCc1ccccc1.Clc1ccncc1I.Nc1ccc(Oc2ccncc2I)c(F)c1.O=C(Nc1ccc(Oc2ccncc2C#CCc2ccccc2)c(F)c1)N1CCN(c2ccccc2)C1=O.O=C(Nc1ccc(Oc2ccncc2I)c(F)c1)N1CCN(c2ccccc2)C1=O.O=S=S(=O)=O.O=[N+]([O-])c1ccc(O)c(F)c1.O=[N+]([O-])c1ccc(Oc2ccncc2I)c(F)c1.[Na][Na]. The first kappa shape index (κ1) is 110. The molecule has 2 aliphatic heterocycles. The summed E-state index contributed by atoms with van der Waals surface area (Å²) in [6.45, 7) is 1.23. The number of hydrogen-bond acceptors (Lipinski definition) is 22. The van der Waals surface area contributed by atoms with Crippen LogP contribution >= 0.6 is 102 Å². The first-order chi connectivity index (χ1) is 66.0. The molecule has 14 aromatic rings. The molecule has 5 aromatic heterocycles. The number of hydrogen-bond donors (Lipinski definition) is 4. The number of carbonyl (C=O) groups is 4. The minimum absolute atomic E-state index is 0.0182. The monoisotopic (exact) mass is 2380 g/mol. The van der Waals surface area contributed by atoms with E-state index in [1.165, 1.54) is 120 Å². The zero-order valence-corrected chi connectivity index (χ0v) is 86.4. The van der Waals surface area contributed by atoms with Crippen LogP contribution in [0.5, 0.6) is 51.7 Å². The van der Waals surface area contributed by atoms with Gasteiger partial charge in [0.15, 0.2) is 57.8 Å². The molecular formula is C93H68ClF5I4N14Na2O16S2. The molecule has 30 nitrogen and oxygen atoms in total. The normalized spacial score (nSPS) is 11.1. The van der Waals surface area contributed by atoms with Crippen LogP contribution in [0.3, 0.4) is 0 Å². The summed E-state index contributed by atoms with van der Waals surface area (Å²) in [7, 11) is -2.92. The molecule has 2 fully saturated rings. The van der Waals surface area contributed by atoms with Crippen molar-refractivity contribution < 1.29 is 87.7 Å². The number of nitrogens with zero attached hydrogens (tertiary/aromatic N) is 11. The van der Waals surface area contributed by atoms with E-state index in [-0.39, 0.29) is 58.8 Å². The third kappa shape index (κ3) is 36.2. The van der Waals surface area contributed by atoms with Crippen molar-refractivity contribution in [3.05, 3.63) is 390 Å². The van der Waals surface area contributed by atoms with E-state index >= 15 is 0 Å². The van der Waals surface area contributed by atoms with Crippen LogP contribution in [-0.2, 0) is 32.3 Å². The number of phenols is 1. The van der Waals surface area contributed by atoms with E-state index in [1.54, 1.807) is 110 Å². The molecule has 44 heteroatoms. The number of nitro benzene ring substituents is 2. The number of nitrogens with two attached hydrogens (primary N) is 1. The summed E-state index contributed by atoms with van der Waals surface area (Å²) in [5.74, 6) is 6.47. The number of rotatable bonds is 16. The number of non-ortho nitro benzene ring substituents is 2. The number of amides is 8. The number of nitrogen functional groups attached to an aromatic ring is 1. The van der Waals surface area contributed by atoms with Crippen molar-refractivity contribution in [2.75, 3.05) is 52.3 Å². The standard InChI is InChI=1S/C30H23FN4O3.C21H16FIN4O3.C11H6FIN2O3.C11H8FIN2O.C9H8.C6H4FNO3.C5H3ClIN.2Na.O3S2/c31-26-20-24(33-29(36)35-19-18-34(30(35)37)25-12-5-2-6-13-25)14-15-28(26)38-27-16-17-32-21-23(27)11-7-10-22-8-3-1-4-9-22;22-16-12-14(6-7-18(16)30-19-8-9-24-13-17(19)23)25-20(28)27-11-10-26(21(27)29)15-4-2-1-3-5-15;12-8-5-7(15(16)17)1-2-10(8)18-11-3-4-14-6-9(11)13;12-8-5-7(14)1-2-10(8)16-11-3-4-15-6-9(11)13;1-2-6-9-7-4-3-5-8-9;7-5-3-4(8(10)11)1-2-6(5)9;6-4-1-2-8-3-5(4)7;;;1-4-5(2)3/h1-6,8-9,12-17,20-21H,10,18-19H2,(H,33,36);1-9,12-13H,10-11H2,(H,25,28);1-6H;1-6H,14H2;1,3-5,7-8H,6H2;1-3,9H;1-3H;;;. The van der Waals surface area contributed by atoms with Crippen LogP contribution < -0.4 is 45.1 Å². The predicted molar refractivity (Wildman–Crippen MR) is 543 cm³/mol. The first-order valence-corrected chi connectivity index (χ1v) is 54.7. The molecule has 5 N–H and O–H groups in total. The molecule has 0 saturated carbocycles. The number of nitrogens with one attached hydrogen (secondary N) is 2. The van der Waals surface area contributed by atoms with Crippen molar-refractivity contribution >= 4 is 229 Å². The molecule has 690 valence electrons. The number of carbonyl (C=O) groups excluding carboxylic acids is 4. The van der Waals surface area contributed by atoms with Gasteiger partial charge in [-0.05, 0) is 180 Å². The number of nitro groups is 2. The van der Waals surface area contributed by atoms with E-state index in [4.69, 9.17) is 60.4 Å². The predicted octanol–water partition coefficient (Wildman–Crippen LogP) is 21.8. The van der Waals surface area contributed by atoms with Gasteiger partial charge in [0.05, 0.1) is 56.4 Å². The van der Waals surface area contributed by atoms with Crippen LogP contribution in [0, 0.1) is 87.8 Å². The Hall–Kier alpha value is -12.4. The number of ether oxygens (including phenoxy) is 4.